The summed E-state index contributed by atoms with van der Waals surface area (Å²) in [6.45, 7) is 10.5. The maximum Gasteiger partial charge on any atom is 0.240 e. The van der Waals surface area contributed by atoms with Gasteiger partial charge in [0.25, 0.3) is 0 Å². The van der Waals surface area contributed by atoms with Crippen LogP contribution in [0, 0.1) is 12.8 Å². The first-order chi connectivity index (χ1) is 8.69. The Hall–Kier alpha value is -0.940. The van der Waals surface area contributed by atoms with Crippen LogP contribution >= 0.6 is 0 Å². The Morgan fingerprint density at radius 1 is 1.56 bits per heavy atom. The molecule has 1 aliphatic rings. The van der Waals surface area contributed by atoms with Gasteiger partial charge in [-0.3, -0.25) is 4.90 Å². The lowest BCUT2D eigenvalue weighted by Gasteiger charge is -2.27. The third-order valence-corrected chi connectivity index (χ3v) is 3.77. The third-order valence-electron chi connectivity index (χ3n) is 3.77. The van der Waals surface area contributed by atoms with E-state index in [2.05, 4.69) is 34.2 Å². The minimum Gasteiger partial charge on any atom is -0.338 e. The molecule has 5 nitrogen and oxygen atoms in total. The van der Waals surface area contributed by atoms with Gasteiger partial charge in [0.2, 0.25) is 5.89 Å². The van der Waals surface area contributed by atoms with Crippen LogP contribution in [0.4, 0.5) is 0 Å². The molecule has 1 aromatic heterocycles. The lowest BCUT2D eigenvalue weighted by molar-refractivity contribution is 0.204. The van der Waals surface area contributed by atoms with Crippen molar-refractivity contribution >= 4 is 0 Å². The first kappa shape index (κ1) is 13.5. The van der Waals surface area contributed by atoms with Gasteiger partial charge in [0.15, 0.2) is 5.82 Å². The molecule has 5 heteroatoms. The lowest BCUT2D eigenvalue weighted by Crippen LogP contribution is -2.41. The van der Waals surface area contributed by atoms with E-state index in [0.29, 0.717) is 12.0 Å². The van der Waals surface area contributed by atoms with Gasteiger partial charge >= 0.3 is 0 Å². The van der Waals surface area contributed by atoms with E-state index in [-0.39, 0.29) is 0 Å². The molecule has 0 saturated carbocycles. The number of nitrogens with zero attached hydrogens (tertiary/aromatic N) is 3. The Morgan fingerprint density at radius 3 is 3.06 bits per heavy atom. The van der Waals surface area contributed by atoms with Gasteiger partial charge in [0, 0.05) is 12.6 Å². The fourth-order valence-corrected chi connectivity index (χ4v) is 2.43. The molecule has 102 valence electrons. The van der Waals surface area contributed by atoms with Crippen LogP contribution in [0.15, 0.2) is 4.52 Å². The van der Waals surface area contributed by atoms with Gasteiger partial charge < -0.3 is 9.84 Å². The Bertz CT molecular complexity index is 366. The van der Waals surface area contributed by atoms with Gasteiger partial charge in [-0.1, -0.05) is 25.4 Å². The molecule has 18 heavy (non-hydrogen) atoms. The molecule has 2 rings (SSSR count). The predicted molar refractivity (Wildman–Crippen MR) is 70.2 cm³/mol. The Labute approximate surface area is 109 Å². The van der Waals surface area contributed by atoms with E-state index >= 15 is 0 Å². The zero-order valence-electron chi connectivity index (χ0n) is 11.6. The molecule has 1 aromatic rings. The first-order valence-electron chi connectivity index (χ1n) is 6.94. The minimum absolute atomic E-state index is 0.571. The average molecular weight is 252 g/mol. The smallest absolute Gasteiger partial charge is 0.240 e. The molecular formula is C13H24N4O. The minimum atomic E-state index is 0.571. The highest BCUT2D eigenvalue weighted by molar-refractivity contribution is 4.86. The van der Waals surface area contributed by atoms with E-state index in [4.69, 9.17) is 4.52 Å². The molecule has 1 saturated heterocycles. The monoisotopic (exact) mass is 252 g/mol. The Morgan fingerprint density at radius 2 is 2.39 bits per heavy atom. The fourth-order valence-electron chi connectivity index (χ4n) is 2.43. The molecule has 2 unspecified atom stereocenters. The second-order valence-corrected chi connectivity index (χ2v) is 5.27. The van der Waals surface area contributed by atoms with Gasteiger partial charge in [0.05, 0.1) is 6.54 Å². The van der Waals surface area contributed by atoms with Crippen molar-refractivity contribution in [2.45, 2.75) is 46.2 Å². The van der Waals surface area contributed by atoms with Crippen molar-refractivity contribution in [2.24, 2.45) is 5.92 Å². The molecule has 1 fully saturated rings. The van der Waals surface area contributed by atoms with Crippen molar-refractivity contribution in [1.82, 2.24) is 20.4 Å². The molecule has 0 spiro atoms. The van der Waals surface area contributed by atoms with Crippen LogP contribution in [0.25, 0.3) is 0 Å². The van der Waals surface area contributed by atoms with Crippen LogP contribution < -0.4 is 5.32 Å². The van der Waals surface area contributed by atoms with Crippen LogP contribution in [-0.4, -0.2) is 40.7 Å². The molecule has 0 aliphatic carbocycles. The molecule has 0 aromatic carbocycles. The predicted octanol–water partition coefficient (Wildman–Crippen LogP) is 1.59. The van der Waals surface area contributed by atoms with Gasteiger partial charge in [-0.2, -0.15) is 4.98 Å². The van der Waals surface area contributed by atoms with Gasteiger partial charge in [0.1, 0.15) is 0 Å². The standard InChI is InChI=1S/C13H24N4O/c1-4-10(2)12-8-17(7-5-6-14-12)9-13-15-11(3)16-18-13/h10,12,14H,4-9H2,1-3H3. The maximum atomic E-state index is 5.21. The maximum absolute atomic E-state index is 5.21. The second kappa shape index (κ2) is 6.29. The number of hydrogen-bond acceptors (Lipinski definition) is 5. The van der Waals surface area contributed by atoms with E-state index in [1.807, 2.05) is 6.92 Å². The summed E-state index contributed by atoms with van der Waals surface area (Å²) in [4.78, 5) is 6.71. The lowest BCUT2D eigenvalue weighted by atomic mass is 9.99. The van der Waals surface area contributed by atoms with E-state index in [0.717, 1.165) is 37.9 Å². The Kier molecular flexibility index (Phi) is 4.72. The fraction of sp³-hybridized carbons (Fsp3) is 0.846. The number of rotatable bonds is 4. The average Bonchev–Trinajstić information content (AvgIpc) is 2.64. The summed E-state index contributed by atoms with van der Waals surface area (Å²) in [5.74, 6) is 2.16. The van der Waals surface area contributed by atoms with Gasteiger partial charge in [-0.25, -0.2) is 0 Å². The summed E-state index contributed by atoms with van der Waals surface area (Å²) >= 11 is 0. The molecule has 0 bridgehead atoms. The van der Waals surface area contributed by atoms with Crippen molar-refractivity contribution in [3.8, 4) is 0 Å². The number of nitrogens with one attached hydrogen (secondary N) is 1. The summed E-state index contributed by atoms with van der Waals surface area (Å²) in [6.07, 6.45) is 2.39. The van der Waals surface area contributed by atoms with E-state index < -0.39 is 0 Å². The van der Waals surface area contributed by atoms with E-state index in [1.165, 1.54) is 12.8 Å². The summed E-state index contributed by atoms with van der Waals surface area (Å²) < 4.78 is 5.21. The van der Waals surface area contributed by atoms with Crippen molar-refractivity contribution in [3.63, 3.8) is 0 Å². The molecule has 0 amide bonds. The normalized spacial score (nSPS) is 23.8. The SMILES string of the molecule is CCC(C)C1CN(Cc2nc(C)no2)CCCN1. The second-order valence-electron chi connectivity index (χ2n) is 5.27. The molecule has 1 N–H and O–H groups in total. The van der Waals surface area contributed by atoms with Crippen molar-refractivity contribution in [3.05, 3.63) is 11.7 Å². The molecule has 1 aliphatic heterocycles. The molecule has 2 heterocycles. The van der Waals surface area contributed by atoms with Crippen molar-refractivity contribution < 1.29 is 4.52 Å². The highest BCUT2D eigenvalue weighted by Gasteiger charge is 2.22. The van der Waals surface area contributed by atoms with E-state index in [1.54, 1.807) is 0 Å². The highest BCUT2D eigenvalue weighted by atomic mass is 16.5. The number of aromatic nitrogens is 2. The van der Waals surface area contributed by atoms with Crippen molar-refractivity contribution in [2.75, 3.05) is 19.6 Å². The van der Waals surface area contributed by atoms with Crippen LogP contribution in [0.2, 0.25) is 0 Å². The van der Waals surface area contributed by atoms with Gasteiger partial charge in [-0.05, 0) is 32.4 Å². The molecule has 2 atom stereocenters. The summed E-state index contributed by atoms with van der Waals surface area (Å²) in [5.41, 5.74) is 0. The Balaban J connectivity index is 1.94. The first-order valence-corrected chi connectivity index (χ1v) is 6.94. The molecular weight excluding hydrogens is 228 g/mol. The van der Waals surface area contributed by atoms with Crippen molar-refractivity contribution in [1.29, 1.82) is 0 Å². The van der Waals surface area contributed by atoms with Crippen LogP contribution in [0.5, 0.6) is 0 Å². The number of aryl methyl sites for hydroxylation is 1. The van der Waals surface area contributed by atoms with Crippen LogP contribution in [-0.2, 0) is 6.54 Å². The topological polar surface area (TPSA) is 54.2 Å². The third kappa shape index (κ3) is 3.53. The quantitative estimate of drug-likeness (QED) is 0.882. The van der Waals surface area contributed by atoms with Crippen LogP contribution in [0.3, 0.4) is 0 Å². The summed E-state index contributed by atoms with van der Waals surface area (Å²) in [5, 5.41) is 7.49. The van der Waals surface area contributed by atoms with E-state index in [9.17, 15) is 0 Å². The highest BCUT2D eigenvalue weighted by Crippen LogP contribution is 2.14. The van der Waals surface area contributed by atoms with Crippen LogP contribution in [0.1, 0.15) is 38.4 Å². The summed E-state index contributed by atoms with van der Waals surface area (Å²) in [7, 11) is 0. The zero-order chi connectivity index (χ0) is 13.0. The summed E-state index contributed by atoms with van der Waals surface area (Å²) in [6, 6.07) is 0.571. The molecule has 0 radical (unpaired) electrons. The zero-order valence-corrected chi connectivity index (χ0v) is 11.6. The largest absolute Gasteiger partial charge is 0.338 e. The number of hydrogen-bond donors (Lipinski definition) is 1. The van der Waals surface area contributed by atoms with Gasteiger partial charge in [-0.15, -0.1) is 0 Å².